The maximum Gasteiger partial charge on any atom is 0.0798 e. The van der Waals surface area contributed by atoms with Crippen LogP contribution in [0.4, 0.5) is 0 Å². The minimum absolute atomic E-state index is 0.0423. The molecule has 0 aliphatic heterocycles. The molecule has 1 unspecified atom stereocenters. The van der Waals surface area contributed by atoms with Crippen LogP contribution in [0.25, 0.3) is 0 Å². The summed E-state index contributed by atoms with van der Waals surface area (Å²) >= 11 is 1.64. The molecule has 0 fully saturated rings. The van der Waals surface area contributed by atoms with Crippen molar-refractivity contribution in [3.05, 3.63) is 51.5 Å². The number of nitrogens with two attached hydrogens (primary N) is 1. The van der Waals surface area contributed by atoms with Crippen molar-refractivity contribution in [1.29, 1.82) is 0 Å². The Morgan fingerprint density at radius 2 is 2.24 bits per heavy atom. The summed E-state index contributed by atoms with van der Waals surface area (Å²) in [6.07, 6.45) is 2.28. The molecule has 0 saturated carbocycles. The highest BCUT2D eigenvalue weighted by atomic mass is 32.1. The number of nitrogens with zero attached hydrogens (tertiary/aromatic N) is 1. The second kappa shape index (κ2) is 5.43. The molecule has 1 aromatic carbocycles. The summed E-state index contributed by atoms with van der Waals surface area (Å²) in [6, 6.07) is 8.53. The topological polar surface area (TPSA) is 38.9 Å². The lowest BCUT2D eigenvalue weighted by Crippen LogP contribution is -2.11. The molecule has 1 heterocycles. The van der Waals surface area contributed by atoms with E-state index in [9.17, 15) is 0 Å². The number of hydrogen-bond donors (Lipinski definition) is 1. The van der Waals surface area contributed by atoms with Crippen LogP contribution in [-0.4, -0.2) is 4.98 Å². The number of benzene rings is 1. The van der Waals surface area contributed by atoms with Gasteiger partial charge in [0, 0.05) is 4.88 Å². The van der Waals surface area contributed by atoms with Crippen molar-refractivity contribution in [3.63, 3.8) is 0 Å². The van der Waals surface area contributed by atoms with Crippen molar-refractivity contribution in [2.24, 2.45) is 5.73 Å². The van der Waals surface area contributed by atoms with Crippen LogP contribution in [0.2, 0.25) is 0 Å². The Bertz CT molecular complexity index is 490. The summed E-state index contributed by atoms with van der Waals surface area (Å²) in [7, 11) is 0. The first-order valence-electron chi connectivity index (χ1n) is 5.96. The Labute approximate surface area is 107 Å². The van der Waals surface area contributed by atoms with Crippen LogP contribution in [0.3, 0.4) is 0 Å². The fourth-order valence-electron chi connectivity index (χ4n) is 1.99. The van der Waals surface area contributed by atoms with Crippen LogP contribution in [-0.2, 0) is 6.42 Å². The average molecular weight is 246 g/mol. The van der Waals surface area contributed by atoms with Crippen molar-refractivity contribution >= 4 is 11.3 Å². The number of thiazole rings is 1. The molecule has 90 valence electrons. The standard InChI is InChI=1S/C14H18N2S/c1-3-5-11-6-4-7-12(8-11)13(15)14-10(2)16-9-17-14/h4,6-9,13H,3,5,15H2,1-2H3. The zero-order valence-electron chi connectivity index (χ0n) is 10.3. The van der Waals surface area contributed by atoms with Gasteiger partial charge in [0.25, 0.3) is 0 Å². The first-order valence-corrected chi connectivity index (χ1v) is 6.84. The van der Waals surface area contributed by atoms with Crippen molar-refractivity contribution in [3.8, 4) is 0 Å². The molecule has 0 saturated heterocycles. The Hall–Kier alpha value is -1.19. The third-order valence-electron chi connectivity index (χ3n) is 2.91. The van der Waals surface area contributed by atoms with E-state index in [4.69, 9.17) is 5.73 Å². The van der Waals surface area contributed by atoms with E-state index in [2.05, 4.69) is 36.2 Å². The second-order valence-corrected chi connectivity index (χ2v) is 5.16. The fourth-order valence-corrected chi connectivity index (χ4v) is 2.82. The Morgan fingerprint density at radius 1 is 1.41 bits per heavy atom. The molecule has 1 atom stereocenters. The van der Waals surface area contributed by atoms with Crippen molar-refractivity contribution < 1.29 is 0 Å². The largest absolute Gasteiger partial charge is 0.320 e. The van der Waals surface area contributed by atoms with Gasteiger partial charge in [-0.25, -0.2) is 4.98 Å². The van der Waals surface area contributed by atoms with E-state index in [-0.39, 0.29) is 6.04 Å². The number of hydrogen-bond acceptors (Lipinski definition) is 3. The van der Waals surface area contributed by atoms with Gasteiger partial charge in [0.1, 0.15) is 0 Å². The Morgan fingerprint density at radius 3 is 2.88 bits per heavy atom. The van der Waals surface area contributed by atoms with E-state index in [1.54, 1.807) is 11.3 Å². The molecule has 0 aliphatic carbocycles. The molecule has 0 radical (unpaired) electrons. The van der Waals surface area contributed by atoms with E-state index in [1.165, 1.54) is 16.0 Å². The maximum absolute atomic E-state index is 6.30. The van der Waals surface area contributed by atoms with Crippen LogP contribution in [0.15, 0.2) is 29.8 Å². The quantitative estimate of drug-likeness (QED) is 0.897. The lowest BCUT2D eigenvalue weighted by molar-refractivity contribution is 0.863. The van der Waals surface area contributed by atoms with Gasteiger partial charge in [-0.15, -0.1) is 11.3 Å². The molecule has 17 heavy (non-hydrogen) atoms. The number of aryl methyl sites for hydroxylation is 2. The minimum atomic E-state index is -0.0423. The molecular formula is C14H18N2S. The van der Waals surface area contributed by atoms with E-state index < -0.39 is 0 Å². The molecule has 0 aliphatic rings. The minimum Gasteiger partial charge on any atom is -0.320 e. The molecule has 0 bridgehead atoms. The summed E-state index contributed by atoms with van der Waals surface area (Å²) in [6.45, 7) is 4.21. The highest BCUT2D eigenvalue weighted by Gasteiger charge is 2.13. The maximum atomic E-state index is 6.30. The van der Waals surface area contributed by atoms with Crippen LogP contribution in [0.1, 0.15) is 41.1 Å². The molecule has 2 nitrogen and oxygen atoms in total. The van der Waals surface area contributed by atoms with Crippen molar-refractivity contribution in [2.75, 3.05) is 0 Å². The molecule has 3 heteroatoms. The van der Waals surface area contributed by atoms with E-state index in [0.29, 0.717) is 0 Å². The van der Waals surface area contributed by atoms with Crippen molar-refractivity contribution in [1.82, 2.24) is 4.98 Å². The predicted molar refractivity (Wildman–Crippen MR) is 73.3 cm³/mol. The zero-order chi connectivity index (χ0) is 12.3. The lowest BCUT2D eigenvalue weighted by atomic mass is 10.0. The molecular weight excluding hydrogens is 228 g/mol. The smallest absolute Gasteiger partial charge is 0.0798 e. The van der Waals surface area contributed by atoms with Gasteiger partial charge in [-0.05, 0) is 24.5 Å². The fraction of sp³-hybridized carbons (Fsp3) is 0.357. The summed E-state index contributed by atoms with van der Waals surface area (Å²) < 4.78 is 0. The number of rotatable bonds is 4. The molecule has 2 N–H and O–H groups in total. The zero-order valence-corrected chi connectivity index (χ0v) is 11.1. The summed E-state index contributed by atoms with van der Waals surface area (Å²) in [5.41, 5.74) is 11.8. The van der Waals surface area contributed by atoms with E-state index >= 15 is 0 Å². The second-order valence-electron chi connectivity index (χ2n) is 4.27. The molecule has 2 rings (SSSR count). The molecule has 0 spiro atoms. The lowest BCUT2D eigenvalue weighted by Gasteiger charge is -2.12. The van der Waals surface area contributed by atoms with Crippen LogP contribution < -0.4 is 5.73 Å². The van der Waals surface area contributed by atoms with Crippen LogP contribution in [0.5, 0.6) is 0 Å². The third-order valence-corrected chi connectivity index (χ3v) is 3.93. The van der Waals surface area contributed by atoms with Crippen LogP contribution >= 0.6 is 11.3 Å². The first kappa shape index (κ1) is 12.3. The summed E-state index contributed by atoms with van der Waals surface area (Å²) in [5.74, 6) is 0. The van der Waals surface area contributed by atoms with E-state index in [0.717, 1.165) is 18.5 Å². The first-order chi connectivity index (χ1) is 8.22. The van der Waals surface area contributed by atoms with Gasteiger partial charge in [-0.2, -0.15) is 0 Å². The van der Waals surface area contributed by atoms with Gasteiger partial charge >= 0.3 is 0 Å². The van der Waals surface area contributed by atoms with Gasteiger partial charge < -0.3 is 5.73 Å². The van der Waals surface area contributed by atoms with Gasteiger partial charge in [0.2, 0.25) is 0 Å². The molecule has 1 aromatic heterocycles. The highest BCUT2D eigenvalue weighted by molar-refractivity contribution is 7.09. The number of aromatic nitrogens is 1. The summed E-state index contributed by atoms with van der Waals surface area (Å²) in [4.78, 5) is 5.43. The van der Waals surface area contributed by atoms with Gasteiger partial charge in [0.15, 0.2) is 0 Å². The SMILES string of the molecule is CCCc1cccc(C(N)c2scnc2C)c1. The average Bonchev–Trinajstić information content (AvgIpc) is 2.75. The van der Waals surface area contributed by atoms with Gasteiger partial charge in [-0.1, -0.05) is 37.6 Å². The van der Waals surface area contributed by atoms with E-state index in [1.807, 2.05) is 12.4 Å². The normalized spacial score (nSPS) is 12.6. The predicted octanol–water partition coefficient (Wildman–Crippen LogP) is 3.45. The van der Waals surface area contributed by atoms with Gasteiger partial charge in [0.05, 0.1) is 17.2 Å². The Balaban J connectivity index is 2.28. The third kappa shape index (κ3) is 2.73. The molecule has 0 amide bonds. The van der Waals surface area contributed by atoms with Crippen LogP contribution in [0, 0.1) is 6.92 Å². The van der Waals surface area contributed by atoms with Crippen molar-refractivity contribution in [2.45, 2.75) is 32.7 Å². The summed E-state index contributed by atoms with van der Waals surface area (Å²) in [5, 5.41) is 0. The molecule has 2 aromatic rings. The monoisotopic (exact) mass is 246 g/mol. The highest BCUT2D eigenvalue weighted by Crippen LogP contribution is 2.26. The Kier molecular flexibility index (Phi) is 3.92. The van der Waals surface area contributed by atoms with Gasteiger partial charge in [-0.3, -0.25) is 0 Å².